The highest BCUT2D eigenvalue weighted by Gasteiger charge is 2.34. The van der Waals surface area contributed by atoms with Crippen LogP contribution in [-0.4, -0.2) is 30.7 Å². The van der Waals surface area contributed by atoms with E-state index in [9.17, 15) is 9.59 Å². The number of carboxylic acid groups (broad SMARTS) is 1. The molecular weight excluding hydrogens is 346 g/mol. The van der Waals surface area contributed by atoms with Crippen molar-refractivity contribution in [2.24, 2.45) is 17.8 Å². The van der Waals surface area contributed by atoms with Gasteiger partial charge in [0.15, 0.2) is 11.5 Å². The smallest absolute Gasteiger partial charge is 0.306 e. The number of rotatable bonds is 9. The first-order valence-electron chi connectivity index (χ1n) is 9.65. The molecule has 3 atom stereocenters. The van der Waals surface area contributed by atoms with E-state index in [4.69, 9.17) is 14.6 Å². The molecule has 150 valence electrons. The molecule has 6 heteroatoms. The molecule has 1 aromatic carbocycles. The van der Waals surface area contributed by atoms with E-state index in [0.29, 0.717) is 43.3 Å². The highest BCUT2D eigenvalue weighted by Crippen LogP contribution is 2.33. The maximum absolute atomic E-state index is 12.5. The molecule has 1 unspecified atom stereocenters. The van der Waals surface area contributed by atoms with E-state index in [-0.39, 0.29) is 17.9 Å². The second kappa shape index (κ2) is 9.62. The average molecular weight is 377 g/mol. The number of ether oxygens (including phenoxy) is 2. The Bertz CT molecular complexity index is 658. The van der Waals surface area contributed by atoms with Crippen molar-refractivity contribution < 1.29 is 24.2 Å². The van der Waals surface area contributed by atoms with Gasteiger partial charge in [-0.1, -0.05) is 19.9 Å². The van der Waals surface area contributed by atoms with Gasteiger partial charge in [0.2, 0.25) is 5.91 Å². The van der Waals surface area contributed by atoms with Crippen molar-refractivity contribution in [3.8, 4) is 11.5 Å². The lowest BCUT2D eigenvalue weighted by Gasteiger charge is -2.19. The first kappa shape index (κ1) is 21.1. The molecule has 0 radical (unpaired) electrons. The number of methoxy groups -OCH3 is 1. The molecule has 6 nitrogen and oxygen atoms in total. The first-order chi connectivity index (χ1) is 12.8. The van der Waals surface area contributed by atoms with Crippen LogP contribution in [0.1, 0.15) is 58.1 Å². The Balaban J connectivity index is 1.96. The molecule has 1 aliphatic rings. The first-order valence-corrected chi connectivity index (χ1v) is 9.65. The minimum atomic E-state index is -0.809. The average Bonchev–Trinajstić information content (AvgIpc) is 3.12. The summed E-state index contributed by atoms with van der Waals surface area (Å²) in [7, 11) is 1.60. The van der Waals surface area contributed by atoms with Crippen molar-refractivity contribution in [3.63, 3.8) is 0 Å². The number of hydrogen-bond acceptors (Lipinski definition) is 4. The highest BCUT2D eigenvalue weighted by atomic mass is 16.5. The normalized spacial score (nSPS) is 20.3. The van der Waals surface area contributed by atoms with Crippen molar-refractivity contribution in [2.75, 3.05) is 13.7 Å². The Morgan fingerprint density at radius 1 is 1.19 bits per heavy atom. The molecule has 0 spiro atoms. The van der Waals surface area contributed by atoms with Crippen LogP contribution in [-0.2, 0) is 9.59 Å². The van der Waals surface area contributed by atoms with Gasteiger partial charge in [-0.2, -0.15) is 0 Å². The summed E-state index contributed by atoms with van der Waals surface area (Å²) in [4.78, 5) is 23.5. The minimum Gasteiger partial charge on any atom is -0.493 e. The third-order valence-corrected chi connectivity index (χ3v) is 5.15. The molecule has 2 rings (SSSR count). The van der Waals surface area contributed by atoms with Gasteiger partial charge in [0, 0.05) is 5.92 Å². The second-order valence-corrected chi connectivity index (χ2v) is 7.72. The van der Waals surface area contributed by atoms with Gasteiger partial charge in [0.25, 0.3) is 0 Å². The molecule has 0 aromatic heterocycles. The van der Waals surface area contributed by atoms with Crippen LogP contribution >= 0.6 is 0 Å². The SMILES string of the molecule is COc1cc(C(C)NC(=O)[C@@H]2CC[C@H](C(=O)O)C2)ccc1OCCC(C)C. The summed E-state index contributed by atoms with van der Waals surface area (Å²) < 4.78 is 11.2. The van der Waals surface area contributed by atoms with Gasteiger partial charge in [0.05, 0.1) is 25.7 Å². The lowest BCUT2D eigenvalue weighted by atomic mass is 10.0. The van der Waals surface area contributed by atoms with E-state index in [1.165, 1.54) is 0 Å². The van der Waals surface area contributed by atoms with Crippen molar-refractivity contribution in [1.29, 1.82) is 0 Å². The predicted molar refractivity (Wildman–Crippen MR) is 103 cm³/mol. The van der Waals surface area contributed by atoms with Crippen LogP contribution in [0.4, 0.5) is 0 Å². The fourth-order valence-corrected chi connectivity index (χ4v) is 3.34. The van der Waals surface area contributed by atoms with Crippen molar-refractivity contribution in [3.05, 3.63) is 23.8 Å². The van der Waals surface area contributed by atoms with E-state index in [2.05, 4.69) is 19.2 Å². The molecule has 2 N–H and O–H groups in total. The molecular formula is C21H31NO5. The molecule has 1 saturated carbocycles. The number of hydrogen-bond donors (Lipinski definition) is 2. The van der Waals surface area contributed by atoms with E-state index in [1.54, 1.807) is 7.11 Å². The number of carbonyl (C=O) groups excluding carboxylic acids is 1. The maximum atomic E-state index is 12.5. The molecule has 1 fully saturated rings. The molecule has 1 amide bonds. The molecule has 0 saturated heterocycles. The highest BCUT2D eigenvalue weighted by molar-refractivity contribution is 5.81. The van der Waals surface area contributed by atoms with Gasteiger partial charge in [-0.15, -0.1) is 0 Å². The third-order valence-electron chi connectivity index (χ3n) is 5.15. The van der Waals surface area contributed by atoms with Crippen molar-refractivity contribution in [1.82, 2.24) is 5.32 Å². The summed E-state index contributed by atoms with van der Waals surface area (Å²) in [6.07, 6.45) is 2.58. The third kappa shape index (κ3) is 5.88. The van der Waals surface area contributed by atoms with Gasteiger partial charge in [-0.3, -0.25) is 9.59 Å². The summed E-state index contributed by atoms with van der Waals surface area (Å²) in [6, 6.07) is 5.48. The van der Waals surface area contributed by atoms with E-state index >= 15 is 0 Å². The van der Waals surface area contributed by atoms with Gasteiger partial charge in [-0.25, -0.2) is 0 Å². The van der Waals surface area contributed by atoms with Crippen LogP contribution in [0.25, 0.3) is 0 Å². The molecule has 1 aliphatic carbocycles. The Morgan fingerprint density at radius 3 is 2.48 bits per heavy atom. The van der Waals surface area contributed by atoms with Crippen LogP contribution in [0.3, 0.4) is 0 Å². The monoisotopic (exact) mass is 377 g/mol. The minimum absolute atomic E-state index is 0.0810. The Labute approximate surface area is 161 Å². The van der Waals surface area contributed by atoms with Gasteiger partial charge >= 0.3 is 5.97 Å². The number of aliphatic carboxylic acids is 1. The molecule has 0 bridgehead atoms. The van der Waals surface area contributed by atoms with Crippen molar-refractivity contribution in [2.45, 2.75) is 52.5 Å². The summed E-state index contributed by atoms with van der Waals surface area (Å²) >= 11 is 0. The van der Waals surface area contributed by atoms with Crippen molar-refractivity contribution >= 4 is 11.9 Å². The number of carboxylic acids is 1. The lowest BCUT2D eigenvalue weighted by Crippen LogP contribution is -2.32. The standard InChI is InChI=1S/C21H31NO5/c1-13(2)9-10-27-18-8-7-15(12-19(18)26-4)14(3)22-20(23)16-5-6-17(11-16)21(24)25/h7-8,12-14,16-17H,5-6,9-11H2,1-4H3,(H,22,23)(H,24,25)/t14?,16-,17+/m1/s1. The predicted octanol–water partition coefficient (Wildman–Crippen LogP) is 3.80. The van der Waals surface area contributed by atoms with Gasteiger partial charge in [-0.05, 0) is 56.2 Å². The van der Waals surface area contributed by atoms with Crippen LogP contribution < -0.4 is 14.8 Å². The summed E-state index contributed by atoms with van der Waals surface area (Å²) in [6.45, 7) is 6.84. The fraction of sp³-hybridized carbons (Fsp3) is 0.619. The van der Waals surface area contributed by atoms with Gasteiger partial charge in [0.1, 0.15) is 0 Å². The zero-order valence-corrected chi connectivity index (χ0v) is 16.7. The quantitative estimate of drug-likeness (QED) is 0.684. The Morgan fingerprint density at radius 2 is 1.89 bits per heavy atom. The van der Waals surface area contributed by atoms with Crippen LogP contribution in [0.15, 0.2) is 18.2 Å². The number of carbonyl (C=O) groups is 2. The lowest BCUT2D eigenvalue weighted by molar-refractivity contribution is -0.141. The summed E-state index contributed by atoms with van der Waals surface area (Å²) in [5.41, 5.74) is 0.921. The summed E-state index contributed by atoms with van der Waals surface area (Å²) in [5, 5.41) is 12.1. The molecule has 0 aliphatic heterocycles. The second-order valence-electron chi connectivity index (χ2n) is 7.72. The van der Waals surface area contributed by atoms with E-state index in [0.717, 1.165) is 12.0 Å². The number of nitrogens with one attached hydrogen (secondary N) is 1. The Kier molecular flexibility index (Phi) is 7.51. The topological polar surface area (TPSA) is 84.9 Å². The van der Waals surface area contributed by atoms with Crippen LogP contribution in [0.5, 0.6) is 11.5 Å². The summed E-state index contributed by atoms with van der Waals surface area (Å²) in [5.74, 6) is 0.387. The van der Waals surface area contributed by atoms with Gasteiger partial charge < -0.3 is 19.9 Å². The van der Waals surface area contributed by atoms with Crippen LogP contribution in [0, 0.1) is 17.8 Å². The molecule has 27 heavy (non-hydrogen) atoms. The van der Waals surface area contributed by atoms with Crippen LogP contribution in [0.2, 0.25) is 0 Å². The Hall–Kier alpha value is -2.24. The fourth-order valence-electron chi connectivity index (χ4n) is 3.34. The largest absolute Gasteiger partial charge is 0.493 e. The molecule has 1 aromatic rings. The number of amides is 1. The maximum Gasteiger partial charge on any atom is 0.306 e. The number of benzene rings is 1. The van der Waals surface area contributed by atoms with E-state index < -0.39 is 11.9 Å². The zero-order valence-electron chi connectivity index (χ0n) is 16.7. The van der Waals surface area contributed by atoms with E-state index in [1.807, 2.05) is 25.1 Å². The zero-order chi connectivity index (χ0) is 20.0. The molecule has 0 heterocycles.